The minimum absolute atomic E-state index is 0.0394. The molecule has 1 unspecified atom stereocenters. The summed E-state index contributed by atoms with van der Waals surface area (Å²) in [4.78, 5) is 0.0394. The summed E-state index contributed by atoms with van der Waals surface area (Å²) in [6.07, 6.45) is 6.75. The van der Waals surface area contributed by atoms with Crippen LogP contribution in [-0.4, -0.2) is 30.1 Å². The summed E-state index contributed by atoms with van der Waals surface area (Å²) >= 11 is 6.60. The van der Waals surface area contributed by atoms with E-state index in [1.54, 1.807) is 0 Å². The lowest BCUT2D eigenvalue weighted by molar-refractivity contribution is 0.583. The Kier molecular flexibility index (Phi) is 10.5. The maximum absolute atomic E-state index is 11.6. The van der Waals surface area contributed by atoms with E-state index in [0.717, 1.165) is 12.8 Å². The molecule has 5 heteroatoms. The fourth-order valence-electron chi connectivity index (χ4n) is 1.51. The Bertz CT molecular complexity index is 253. The second-order valence-corrected chi connectivity index (χ2v) is 8.30. The van der Waals surface area contributed by atoms with Gasteiger partial charge in [0, 0.05) is 10.2 Å². The van der Waals surface area contributed by atoms with Gasteiger partial charge >= 0.3 is 0 Å². The first kappa shape index (κ1) is 16.9. The first-order valence-corrected chi connectivity index (χ1v) is 9.78. The van der Waals surface area contributed by atoms with Gasteiger partial charge in [-0.3, -0.25) is 0 Å². The number of alkyl halides is 2. The van der Waals surface area contributed by atoms with Gasteiger partial charge in [0.05, 0.1) is 11.5 Å². The molecule has 0 radical (unpaired) electrons. The van der Waals surface area contributed by atoms with Crippen LogP contribution >= 0.6 is 31.9 Å². The standard InChI is InChI=1S/C11H22Br2O2S/c1-2-3-4-5-6-7-8-16(14,15)10-11(13)9-12/h11H,2-10H2,1H3. The van der Waals surface area contributed by atoms with Crippen LogP contribution in [-0.2, 0) is 9.84 Å². The van der Waals surface area contributed by atoms with E-state index in [1.165, 1.54) is 25.7 Å². The fraction of sp³-hybridized carbons (Fsp3) is 1.00. The van der Waals surface area contributed by atoms with Crippen LogP contribution in [0, 0.1) is 0 Å². The summed E-state index contributed by atoms with van der Waals surface area (Å²) in [7, 11) is -2.86. The van der Waals surface area contributed by atoms with Gasteiger partial charge in [-0.25, -0.2) is 8.42 Å². The first-order valence-electron chi connectivity index (χ1n) is 5.92. The van der Waals surface area contributed by atoms with Crippen molar-refractivity contribution >= 4 is 41.7 Å². The predicted molar refractivity (Wildman–Crippen MR) is 78.5 cm³/mol. The van der Waals surface area contributed by atoms with Crippen molar-refractivity contribution in [2.75, 3.05) is 16.8 Å². The largest absolute Gasteiger partial charge is 0.229 e. The number of halogens is 2. The van der Waals surface area contributed by atoms with Gasteiger partial charge in [-0.2, -0.15) is 0 Å². The topological polar surface area (TPSA) is 34.1 Å². The summed E-state index contributed by atoms with van der Waals surface area (Å²) in [6, 6.07) is 0. The molecule has 0 aliphatic rings. The number of sulfone groups is 1. The highest BCUT2D eigenvalue weighted by atomic mass is 79.9. The Morgan fingerprint density at radius 2 is 1.62 bits per heavy atom. The molecule has 0 fully saturated rings. The van der Waals surface area contributed by atoms with Gasteiger partial charge in [-0.15, -0.1) is 0 Å². The van der Waals surface area contributed by atoms with Crippen molar-refractivity contribution in [3.8, 4) is 0 Å². The number of hydrogen-bond acceptors (Lipinski definition) is 2. The van der Waals surface area contributed by atoms with E-state index in [2.05, 4.69) is 38.8 Å². The monoisotopic (exact) mass is 376 g/mol. The molecule has 0 N–H and O–H groups in total. The average Bonchev–Trinajstić information content (AvgIpc) is 2.22. The quantitative estimate of drug-likeness (QED) is 0.427. The Morgan fingerprint density at radius 3 is 2.19 bits per heavy atom. The highest BCUT2D eigenvalue weighted by molar-refractivity contribution is 9.12. The minimum atomic E-state index is -2.86. The number of hydrogen-bond donors (Lipinski definition) is 0. The van der Waals surface area contributed by atoms with Gasteiger partial charge in [0.15, 0.2) is 9.84 Å². The van der Waals surface area contributed by atoms with E-state index in [4.69, 9.17) is 0 Å². The second-order valence-electron chi connectivity index (χ2n) is 4.13. The molecular formula is C11H22Br2O2S. The molecule has 0 aliphatic heterocycles. The van der Waals surface area contributed by atoms with E-state index < -0.39 is 9.84 Å². The molecule has 16 heavy (non-hydrogen) atoms. The summed E-state index contributed by atoms with van der Waals surface area (Å²) in [5.74, 6) is 0.585. The Labute approximate surface area is 117 Å². The highest BCUT2D eigenvalue weighted by Crippen LogP contribution is 2.11. The molecule has 0 amide bonds. The molecule has 0 aliphatic carbocycles. The highest BCUT2D eigenvalue weighted by Gasteiger charge is 2.15. The predicted octanol–water partition coefficient (Wildman–Crippen LogP) is 3.92. The lowest BCUT2D eigenvalue weighted by atomic mass is 10.1. The molecule has 0 rings (SSSR count). The zero-order chi connectivity index (χ0) is 12.4. The third-order valence-corrected chi connectivity index (χ3v) is 6.96. The molecular weight excluding hydrogens is 356 g/mol. The minimum Gasteiger partial charge on any atom is -0.229 e. The molecule has 0 saturated heterocycles. The van der Waals surface area contributed by atoms with Gasteiger partial charge in [-0.05, 0) is 6.42 Å². The molecule has 1 atom stereocenters. The lowest BCUT2D eigenvalue weighted by Crippen LogP contribution is -2.19. The van der Waals surface area contributed by atoms with Crippen LogP contribution in [0.3, 0.4) is 0 Å². The molecule has 0 bridgehead atoms. The van der Waals surface area contributed by atoms with Crippen LogP contribution in [0.2, 0.25) is 0 Å². The van der Waals surface area contributed by atoms with Gasteiger partial charge in [0.2, 0.25) is 0 Å². The van der Waals surface area contributed by atoms with Crippen LogP contribution in [0.1, 0.15) is 45.4 Å². The fourth-order valence-corrected chi connectivity index (χ4v) is 4.73. The summed E-state index contributed by atoms with van der Waals surface area (Å²) < 4.78 is 23.3. The van der Waals surface area contributed by atoms with Crippen LogP contribution in [0.5, 0.6) is 0 Å². The molecule has 0 aromatic carbocycles. The second kappa shape index (κ2) is 9.89. The van der Waals surface area contributed by atoms with Crippen molar-refractivity contribution in [3.63, 3.8) is 0 Å². The van der Waals surface area contributed by atoms with Crippen molar-refractivity contribution in [2.45, 2.75) is 50.3 Å². The van der Waals surface area contributed by atoms with Crippen LogP contribution in [0.4, 0.5) is 0 Å². The molecule has 0 saturated carbocycles. The average molecular weight is 378 g/mol. The maximum atomic E-state index is 11.6. The van der Waals surface area contributed by atoms with E-state index in [-0.39, 0.29) is 10.6 Å². The Morgan fingerprint density at radius 1 is 1.06 bits per heavy atom. The zero-order valence-corrected chi connectivity index (χ0v) is 13.9. The van der Waals surface area contributed by atoms with Crippen molar-refractivity contribution in [2.24, 2.45) is 0 Å². The van der Waals surface area contributed by atoms with Gasteiger partial charge in [0.1, 0.15) is 0 Å². The number of unbranched alkanes of at least 4 members (excludes halogenated alkanes) is 5. The van der Waals surface area contributed by atoms with E-state index in [0.29, 0.717) is 11.1 Å². The summed E-state index contributed by atoms with van der Waals surface area (Å²) in [5, 5.41) is 0.683. The van der Waals surface area contributed by atoms with Gasteiger partial charge < -0.3 is 0 Å². The summed E-state index contributed by atoms with van der Waals surface area (Å²) in [6.45, 7) is 2.18. The molecule has 0 aromatic heterocycles. The Balaban J connectivity index is 3.59. The Hall–Kier alpha value is 0.910. The van der Waals surface area contributed by atoms with E-state index >= 15 is 0 Å². The van der Waals surface area contributed by atoms with Crippen molar-refractivity contribution in [1.29, 1.82) is 0 Å². The van der Waals surface area contributed by atoms with Crippen molar-refractivity contribution in [1.82, 2.24) is 0 Å². The molecule has 2 nitrogen and oxygen atoms in total. The SMILES string of the molecule is CCCCCCCCS(=O)(=O)CC(Br)CBr. The van der Waals surface area contributed by atoms with Gasteiger partial charge in [-0.1, -0.05) is 70.9 Å². The van der Waals surface area contributed by atoms with Crippen LogP contribution < -0.4 is 0 Å². The van der Waals surface area contributed by atoms with E-state index in [1.807, 2.05) is 0 Å². The normalized spacial score (nSPS) is 13.9. The summed E-state index contributed by atoms with van der Waals surface area (Å²) in [5.41, 5.74) is 0. The van der Waals surface area contributed by atoms with Gasteiger partial charge in [0.25, 0.3) is 0 Å². The van der Waals surface area contributed by atoms with Crippen molar-refractivity contribution < 1.29 is 8.42 Å². The first-order chi connectivity index (χ1) is 7.52. The maximum Gasteiger partial charge on any atom is 0.151 e. The molecule has 0 heterocycles. The zero-order valence-electron chi connectivity index (χ0n) is 9.92. The third kappa shape index (κ3) is 10.1. The molecule has 98 valence electrons. The van der Waals surface area contributed by atoms with Crippen LogP contribution in [0.25, 0.3) is 0 Å². The third-order valence-electron chi connectivity index (χ3n) is 2.41. The smallest absolute Gasteiger partial charge is 0.151 e. The lowest BCUT2D eigenvalue weighted by Gasteiger charge is -2.07. The molecule has 0 aromatic rings. The van der Waals surface area contributed by atoms with Crippen LogP contribution in [0.15, 0.2) is 0 Å². The molecule has 0 spiro atoms. The number of rotatable bonds is 10. The van der Waals surface area contributed by atoms with Crippen molar-refractivity contribution in [3.05, 3.63) is 0 Å². The van der Waals surface area contributed by atoms with E-state index in [9.17, 15) is 8.42 Å².